The topological polar surface area (TPSA) is 0 Å². The van der Waals surface area contributed by atoms with E-state index in [0.29, 0.717) is 0 Å². The van der Waals surface area contributed by atoms with Crippen LogP contribution in [0.15, 0.2) is 243 Å². The third-order valence-corrected chi connectivity index (χ3v) is 20.0. The van der Waals surface area contributed by atoms with Crippen LogP contribution in [-0.2, 0) is 0 Å². The number of hydrogen-bond donors (Lipinski definition) is 0. The second-order valence-corrected chi connectivity index (χ2v) is 22.5. The number of hydrogen-bond acceptors (Lipinski definition) is 0. The van der Waals surface area contributed by atoms with Gasteiger partial charge in [-0.1, -0.05) is 246 Å². The molecule has 2 heterocycles. The van der Waals surface area contributed by atoms with Gasteiger partial charge in [-0.15, -0.1) is 0 Å². The van der Waals surface area contributed by atoms with E-state index in [4.69, 9.17) is 0 Å². The van der Waals surface area contributed by atoms with Gasteiger partial charge in [0.1, 0.15) is 0 Å². The number of fused-ring (bicyclic) bond motifs is 8. The zero-order valence-corrected chi connectivity index (χ0v) is 38.8. The summed E-state index contributed by atoms with van der Waals surface area (Å²) in [4.78, 5) is 0. The Hall–Kier alpha value is -7.98. The van der Waals surface area contributed by atoms with Crippen molar-refractivity contribution in [2.24, 2.45) is 0 Å². The maximum Gasteiger partial charge on any atom is 0.0147 e. The highest BCUT2D eigenvalue weighted by Gasteiger charge is 2.24. The minimum atomic E-state index is -0.802. The Bertz CT molecular complexity index is 4320. The van der Waals surface area contributed by atoms with E-state index in [0.717, 1.165) is 0 Å². The third-order valence-electron chi connectivity index (χ3n) is 14.8. The molecule has 0 fully saturated rings. The van der Waals surface area contributed by atoms with Gasteiger partial charge in [-0.05, 0) is 132 Å². The fourth-order valence-corrected chi connectivity index (χ4v) is 17.6. The largest absolute Gasteiger partial charge is 0.0766 e. The highest BCUT2D eigenvalue weighted by molar-refractivity contribution is 7.68. The van der Waals surface area contributed by atoms with Crippen molar-refractivity contribution in [2.45, 2.75) is 0 Å². The summed E-state index contributed by atoms with van der Waals surface area (Å²) in [6.45, 7) is 0. The first-order chi connectivity index (χ1) is 33.8. The molecule has 0 saturated heterocycles. The van der Waals surface area contributed by atoms with Gasteiger partial charge in [0.05, 0.1) is 0 Å². The van der Waals surface area contributed by atoms with Gasteiger partial charge in [-0.25, -0.2) is 0 Å². The van der Waals surface area contributed by atoms with E-state index in [1.807, 2.05) is 0 Å². The van der Waals surface area contributed by atoms with Crippen molar-refractivity contribution in [3.05, 3.63) is 243 Å². The third kappa shape index (κ3) is 5.39. The van der Waals surface area contributed by atoms with Gasteiger partial charge < -0.3 is 0 Å². The maximum atomic E-state index is 2.57. The van der Waals surface area contributed by atoms with Crippen molar-refractivity contribution in [1.82, 2.24) is 0 Å². The van der Waals surface area contributed by atoms with Crippen molar-refractivity contribution in [1.29, 1.82) is 0 Å². The fraction of sp³-hybridized carbons (Fsp3) is 0. The van der Waals surface area contributed by atoms with Crippen molar-refractivity contribution in [3.8, 4) is 44.0 Å². The van der Waals surface area contributed by atoms with Crippen LogP contribution in [-0.4, -0.2) is 0 Å². The zero-order chi connectivity index (χ0) is 44.5. The molecule has 0 aliphatic carbocycles. The van der Waals surface area contributed by atoms with E-state index in [1.54, 1.807) is 0 Å². The van der Waals surface area contributed by atoms with Gasteiger partial charge in [0, 0.05) is 20.5 Å². The van der Waals surface area contributed by atoms with E-state index in [9.17, 15) is 0 Å². The number of benzene rings is 13. The van der Waals surface area contributed by atoms with Crippen LogP contribution in [0.5, 0.6) is 0 Å². The average molecular weight is 895 g/mol. The Morgan fingerprint density at radius 2 is 0.632 bits per heavy atom. The SMILES string of the molecule is c1ccc(-p2c3ccccc3c3cccc(-c4cccc5c(-c6cc7cccc8ccc9cccc6c9c87)c6cccc(-c7cccc8c9ccccc9p(-c9ccccc9)c78)c6cc45)c32)cc1. The lowest BCUT2D eigenvalue weighted by atomic mass is 9.83. The molecule has 2 heteroatoms. The summed E-state index contributed by atoms with van der Waals surface area (Å²) in [7, 11) is -1.60. The smallest absolute Gasteiger partial charge is 0.0147 e. The molecule has 0 N–H and O–H groups in total. The quantitative estimate of drug-likeness (QED) is 0.119. The second kappa shape index (κ2) is 14.8. The summed E-state index contributed by atoms with van der Waals surface area (Å²) >= 11 is 0. The molecule has 0 aliphatic rings. The molecule has 0 aliphatic heterocycles. The molecule has 0 spiro atoms. The molecule has 2 unspecified atom stereocenters. The van der Waals surface area contributed by atoms with Crippen molar-refractivity contribution < 1.29 is 0 Å². The molecule has 0 nitrogen and oxygen atoms in total. The van der Waals surface area contributed by atoms with Crippen LogP contribution >= 0.6 is 15.1 Å². The van der Waals surface area contributed by atoms with Crippen LogP contribution in [0.2, 0.25) is 0 Å². The monoisotopic (exact) mass is 894 g/mol. The van der Waals surface area contributed by atoms with Crippen LogP contribution in [0, 0.1) is 0 Å². The summed E-state index contributed by atoms with van der Waals surface area (Å²) in [5, 5.41) is 26.9. The molecular formula is C66H40P2. The van der Waals surface area contributed by atoms with E-state index < -0.39 is 15.1 Å². The lowest BCUT2D eigenvalue weighted by Crippen LogP contribution is -1.93. The summed E-state index contributed by atoms with van der Waals surface area (Å²) in [6, 6.07) is 92.4. The first-order valence-corrected chi connectivity index (χ1v) is 26.3. The van der Waals surface area contributed by atoms with Crippen LogP contribution in [0.3, 0.4) is 0 Å². The molecule has 13 aromatic carbocycles. The van der Waals surface area contributed by atoms with Gasteiger partial charge in [-0.2, -0.15) is 0 Å². The molecule has 0 amide bonds. The molecular weight excluding hydrogens is 855 g/mol. The van der Waals surface area contributed by atoms with Gasteiger partial charge in [-0.3, -0.25) is 0 Å². The average Bonchev–Trinajstić information content (AvgIpc) is 3.93. The van der Waals surface area contributed by atoms with E-state index >= 15 is 0 Å². The van der Waals surface area contributed by atoms with Gasteiger partial charge >= 0.3 is 0 Å². The van der Waals surface area contributed by atoms with Crippen molar-refractivity contribution in [2.75, 3.05) is 0 Å². The Balaban J connectivity index is 1.13. The van der Waals surface area contributed by atoms with E-state index in [1.165, 1.54) is 140 Å². The van der Waals surface area contributed by atoms with E-state index in [2.05, 4.69) is 243 Å². The lowest BCUT2D eigenvalue weighted by Gasteiger charge is -2.21. The van der Waals surface area contributed by atoms with Gasteiger partial charge in [0.15, 0.2) is 0 Å². The molecule has 0 radical (unpaired) electrons. The highest BCUT2D eigenvalue weighted by atomic mass is 31.1. The molecule has 15 rings (SSSR count). The summed E-state index contributed by atoms with van der Waals surface area (Å²) in [5.41, 5.74) is 7.77. The summed E-state index contributed by atoms with van der Waals surface area (Å²) in [6.07, 6.45) is 0. The van der Waals surface area contributed by atoms with E-state index in [-0.39, 0.29) is 0 Å². The Morgan fingerprint density at radius 1 is 0.221 bits per heavy atom. The van der Waals surface area contributed by atoms with Crippen LogP contribution in [0.4, 0.5) is 0 Å². The lowest BCUT2D eigenvalue weighted by molar-refractivity contribution is 1.69. The van der Waals surface area contributed by atoms with Crippen LogP contribution in [0.1, 0.15) is 0 Å². The Morgan fingerprint density at radius 3 is 1.19 bits per heavy atom. The molecule has 68 heavy (non-hydrogen) atoms. The minimum Gasteiger partial charge on any atom is -0.0766 e. The molecule has 0 bridgehead atoms. The molecule has 15 aromatic rings. The predicted octanol–water partition coefficient (Wildman–Crippen LogP) is 20.5. The number of rotatable bonds is 5. The highest BCUT2D eigenvalue weighted by Crippen LogP contribution is 2.60. The Kier molecular flexibility index (Phi) is 8.28. The molecule has 314 valence electrons. The normalized spacial score (nSPS) is 12.6. The van der Waals surface area contributed by atoms with Crippen molar-refractivity contribution in [3.63, 3.8) is 0 Å². The Labute approximate surface area is 395 Å². The second-order valence-electron chi connectivity index (χ2n) is 18.3. The van der Waals surface area contributed by atoms with Crippen molar-refractivity contribution >= 4 is 111 Å². The summed E-state index contributed by atoms with van der Waals surface area (Å²) < 4.78 is 0. The van der Waals surface area contributed by atoms with Crippen LogP contribution < -0.4 is 0 Å². The van der Waals surface area contributed by atoms with Gasteiger partial charge in [0.25, 0.3) is 0 Å². The fourth-order valence-electron chi connectivity index (χ4n) is 12.1. The first-order valence-electron chi connectivity index (χ1n) is 23.6. The maximum absolute atomic E-state index is 2.57. The molecule has 0 saturated carbocycles. The zero-order valence-electron chi connectivity index (χ0n) is 37.0. The minimum absolute atomic E-state index is 0.802. The molecule has 2 aromatic heterocycles. The van der Waals surface area contributed by atoms with Crippen LogP contribution in [0.25, 0.3) is 140 Å². The first kappa shape index (κ1) is 38.2. The standard InChI is InChI=1S/C66H40P2/c1-3-20-44(21-4-1)67-60-35-9-7-24-48(60)55-33-15-31-53(65(55)67)46-26-13-29-50-57(46)40-58-47(54-32-16-34-56-49-25-8-10-36-61(49)68(66(54)56)45-22-5-2-6-23-45)27-14-30-51(58)64(50)59-39-43-19-11-17-41-37-38-42-18-12-28-52(59)63(42)62(41)43/h1-40H. The predicted molar refractivity (Wildman–Crippen MR) is 300 cm³/mol. The molecule has 2 atom stereocenters. The van der Waals surface area contributed by atoms with Gasteiger partial charge in [0.2, 0.25) is 0 Å². The summed E-state index contributed by atoms with van der Waals surface area (Å²) in [5.74, 6) is 0.